The van der Waals surface area contributed by atoms with E-state index in [0.29, 0.717) is 68.9 Å². The summed E-state index contributed by atoms with van der Waals surface area (Å²) in [5.41, 5.74) is 12.5. The zero-order chi connectivity index (χ0) is 48.9. The first-order valence-corrected chi connectivity index (χ1v) is 25.6. The highest BCUT2D eigenvalue weighted by Gasteiger charge is 2.21. The molecule has 9 rings (SSSR count). The zero-order valence-electron chi connectivity index (χ0n) is 36.6. The Morgan fingerprint density at radius 3 is 0.886 bits per heavy atom. The van der Waals surface area contributed by atoms with E-state index < -0.39 is 29.5 Å². The second-order valence-electron chi connectivity index (χ2n) is 15.4. The van der Waals surface area contributed by atoms with Crippen LogP contribution in [0, 0.1) is 6.08 Å². The second kappa shape index (κ2) is 19.5. The summed E-state index contributed by atoms with van der Waals surface area (Å²) >= 11 is 0. The molecule has 0 saturated heterocycles. The van der Waals surface area contributed by atoms with Crippen molar-refractivity contribution < 1.29 is 48.9 Å². The smallest absolute Gasteiger partial charge is 0.240 e. The van der Waals surface area contributed by atoms with Crippen LogP contribution in [0.1, 0.15) is 0 Å². The van der Waals surface area contributed by atoms with Crippen LogP contribution in [0.3, 0.4) is 0 Å². The van der Waals surface area contributed by atoms with Crippen molar-refractivity contribution in [2.24, 2.45) is 5.73 Å². The standard InChI is InChI=1S/C54H39N2O11S3/c55-37-3-1-5-47(35-37)66-45-19-31-53(32-20-45)69(59,60)50-25-13-42(14-26-50)64-40-9-7-39(8-10-40)63-41-11-23-49(24-12-41)68(57,58)51-27-15-43(16-28-51)65-44-17-29-52(30-18-44)70(61,62)54-33-21-46(22-34-54)67-48-6-2-4-38(56)36-48/h1-3,5-36H,55-56H2/q+1. The van der Waals surface area contributed by atoms with Crippen LogP contribution in [0.15, 0.2) is 253 Å². The molecular weight excluding hydrogens is 949 g/mol. The Kier molecular flexibility index (Phi) is 13.0. The molecule has 0 heterocycles. The fraction of sp³-hybridized carbons (Fsp3) is 0. The van der Waals surface area contributed by atoms with E-state index >= 15 is 0 Å². The van der Waals surface area contributed by atoms with Crippen LogP contribution in [0.4, 0.5) is 5.69 Å². The number of benzene rings is 8. The van der Waals surface area contributed by atoms with Gasteiger partial charge >= 0.3 is 0 Å². The molecule has 0 atom stereocenters. The number of allylic oxidation sites excluding steroid dienone is 4. The third-order valence-electron chi connectivity index (χ3n) is 10.5. The van der Waals surface area contributed by atoms with Gasteiger partial charge in [-0.05, 0) is 182 Å². The molecule has 4 N–H and O–H groups in total. The molecule has 0 aromatic heterocycles. The third-order valence-corrected chi connectivity index (χ3v) is 15.8. The third kappa shape index (κ3) is 10.7. The number of hydrogen-bond acceptors (Lipinski definition) is 13. The summed E-state index contributed by atoms with van der Waals surface area (Å²) < 4.78 is 110. The van der Waals surface area contributed by atoms with E-state index in [0.717, 1.165) is 0 Å². The van der Waals surface area contributed by atoms with E-state index in [4.69, 9.17) is 35.2 Å². The highest BCUT2D eigenvalue weighted by molar-refractivity contribution is 7.92. The number of rotatable bonds is 16. The number of ether oxygens (including phenoxy) is 5. The predicted molar refractivity (Wildman–Crippen MR) is 261 cm³/mol. The molecule has 0 bridgehead atoms. The normalized spacial score (nSPS) is 12.5. The Labute approximate surface area is 404 Å². The Morgan fingerprint density at radius 1 is 0.329 bits per heavy atom. The van der Waals surface area contributed by atoms with Crippen molar-refractivity contribution in [1.29, 1.82) is 0 Å². The molecule has 1 aliphatic carbocycles. The van der Waals surface area contributed by atoms with Crippen LogP contribution in [-0.4, -0.2) is 25.3 Å². The lowest BCUT2D eigenvalue weighted by Gasteiger charge is -2.11. The fourth-order valence-corrected chi connectivity index (χ4v) is 10.7. The number of sulfone groups is 3. The molecule has 0 aliphatic heterocycles. The molecule has 0 saturated carbocycles. The van der Waals surface area contributed by atoms with Crippen molar-refractivity contribution in [2.75, 3.05) is 5.73 Å². The molecule has 348 valence electrons. The van der Waals surface area contributed by atoms with Crippen molar-refractivity contribution in [3.8, 4) is 51.7 Å². The van der Waals surface area contributed by atoms with E-state index in [1.807, 2.05) is 0 Å². The topological polar surface area (TPSA) is 201 Å². The van der Waals surface area contributed by atoms with Gasteiger partial charge in [0.1, 0.15) is 63.9 Å². The van der Waals surface area contributed by atoms with Crippen LogP contribution < -0.4 is 35.2 Å². The minimum absolute atomic E-state index is 0.0384. The van der Waals surface area contributed by atoms with Gasteiger partial charge in [-0.2, -0.15) is 0 Å². The van der Waals surface area contributed by atoms with Gasteiger partial charge in [-0.3, -0.25) is 0 Å². The second-order valence-corrected chi connectivity index (χ2v) is 21.2. The maximum atomic E-state index is 13.5. The van der Waals surface area contributed by atoms with Gasteiger partial charge in [-0.25, -0.2) is 25.3 Å². The lowest BCUT2D eigenvalue weighted by molar-refractivity contribution is 0.443. The molecule has 13 nitrogen and oxygen atoms in total. The van der Waals surface area contributed by atoms with Gasteiger partial charge in [0.2, 0.25) is 41.0 Å². The van der Waals surface area contributed by atoms with Gasteiger partial charge in [0.15, 0.2) is 0 Å². The maximum Gasteiger partial charge on any atom is 0.240 e. The van der Waals surface area contributed by atoms with E-state index in [-0.39, 0.29) is 29.4 Å². The van der Waals surface area contributed by atoms with Gasteiger partial charge in [0.25, 0.3) is 0 Å². The molecule has 0 fully saturated rings. The van der Waals surface area contributed by atoms with E-state index in [2.05, 4.69) is 6.08 Å². The van der Waals surface area contributed by atoms with Gasteiger partial charge in [0, 0.05) is 11.8 Å². The quantitative estimate of drug-likeness (QED) is 0.0685. The molecular formula is C54H39N2O11S3+. The molecule has 8 aromatic rings. The van der Waals surface area contributed by atoms with E-state index in [1.54, 1.807) is 115 Å². The SMILES string of the molecule is NC1=[C+]C=CC(Oc2ccc(S(=O)(=O)c3ccc(Oc4ccc(S(=O)(=O)c5ccc(Oc6ccc(Oc7ccc(S(=O)(=O)c8ccc(Oc9cccc(N)c9)cc8)cc7)cc6)cc5)cc4)cc3)cc2)=C1. The Balaban J connectivity index is 0.760. The summed E-state index contributed by atoms with van der Waals surface area (Å²) in [7, 11) is -11.6. The summed E-state index contributed by atoms with van der Waals surface area (Å²) in [4.78, 5) is 0.419. The van der Waals surface area contributed by atoms with Crippen molar-refractivity contribution >= 4 is 35.2 Å². The zero-order valence-corrected chi connectivity index (χ0v) is 39.0. The molecule has 16 heteroatoms. The van der Waals surface area contributed by atoms with Crippen molar-refractivity contribution in [2.45, 2.75) is 29.4 Å². The van der Waals surface area contributed by atoms with Gasteiger partial charge in [0.05, 0.1) is 41.5 Å². The fourth-order valence-electron chi connectivity index (χ4n) is 6.89. The van der Waals surface area contributed by atoms with Crippen LogP contribution >= 0.6 is 0 Å². The minimum Gasteiger partial charge on any atom is -0.457 e. The van der Waals surface area contributed by atoms with Crippen molar-refractivity contribution in [1.82, 2.24) is 0 Å². The van der Waals surface area contributed by atoms with Crippen LogP contribution in [-0.2, 0) is 29.5 Å². The van der Waals surface area contributed by atoms with Gasteiger partial charge in [-0.15, -0.1) is 0 Å². The Morgan fingerprint density at radius 2 is 0.600 bits per heavy atom. The number of nitrogens with two attached hydrogens (primary N) is 2. The van der Waals surface area contributed by atoms with E-state index in [9.17, 15) is 25.3 Å². The summed E-state index contributed by atoms with van der Waals surface area (Å²) in [5.74, 6) is 4.37. The molecule has 8 aromatic carbocycles. The largest absolute Gasteiger partial charge is 0.457 e. The van der Waals surface area contributed by atoms with Crippen LogP contribution in [0.5, 0.6) is 51.7 Å². The molecule has 1 aliphatic rings. The summed E-state index contributed by atoms with van der Waals surface area (Å²) in [6.07, 6.45) is 7.76. The number of hydrogen-bond donors (Lipinski definition) is 2. The van der Waals surface area contributed by atoms with Crippen molar-refractivity contribution in [3.05, 3.63) is 230 Å². The molecule has 0 unspecified atom stereocenters. The number of nitrogen functional groups attached to an aromatic ring is 1. The van der Waals surface area contributed by atoms with Crippen molar-refractivity contribution in [3.63, 3.8) is 0 Å². The first-order valence-electron chi connectivity index (χ1n) is 21.2. The first kappa shape index (κ1) is 46.5. The number of anilines is 1. The Hall–Kier alpha value is -8.66. The van der Waals surface area contributed by atoms with Gasteiger partial charge in [-0.1, -0.05) is 6.07 Å². The average molecular weight is 988 g/mol. The van der Waals surface area contributed by atoms with Crippen LogP contribution in [0.25, 0.3) is 0 Å². The molecule has 0 radical (unpaired) electrons. The summed E-state index contributed by atoms with van der Waals surface area (Å²) in [5, 5.41) is 0. The van der Waals surface area contributed by atoms with Gasteiger partial charge < -0.3 is 35.2 Å². The Bertz CT molecular complexity index is 3620. The summed E-state index contributed by atoms with van der Waals surface area (Å²) in [6.45, 7) is 0. The lowest BCUT2D eigenvalue weighted by atomic mass is 10.2. The minimum atomic E-state index is -3.91. The lowest BCUT2D eigenvalue weighted by Crippen LogP contribution is -2.03. The highest BCUT2D eigenvalue weighted by atomic mass is 32.2. The summed E-state index contributed by atoms with van der Waals surface area (Å²) in [6, 6.07) is 49.6. The van der Waals surface area contributed by atoms with E-state index in [1.165, 1.54) is 97.1 Å². The predicted octanol–water partition coefficient (Wildman–Crippen LogP) is 11.4. The first-order chi connectivity index (χ1) is 33.7. The monoisotopic (exact) mass is 987 g/mol. The van der Waals surface area contributed by atoms with Crippen LogP contribution in [0.2, 0.25) is 0 Å². The molecule has 70 heavy (non-hydrogen) atoms. The average Bonchev–Trinajstić information content (AvgIpc) is 3.36. The maximum absolute atomic E-state index is 13.5. The highest BCUT2D eigenvalue weighted by Crippen LogP contribution is 2.33. The molecule has 0 spiro atoms. The molecule has 0 amide bonds.